The molecule has 0 unspecified atom stereocenters. The molecule has 2 N–H and O–H groups in total. The van der Waals surface area contributed by atoms with Crippen molar-refractivity contribution in [3.8, 4) is 0 Å². The predicted octanol–water partition coefficient (Wildman–Crippen LogP) is 2.71. The first-order chi connectivity index (χ1) is 13.5. The van der Waals surface area contributed by atoms with Gasteiger partial charge < -0.3 is 10.4 Å². The first-order valence-corrected chi connectivity index (χ1v) is 10.2. The molecule has 28 heavy (non-hydrogen) atoms. The van der Waals surface area contributed by atoms with Gasteiger partial charge in [-0.05, 0) is 29.8 Å². The number of rotatable bonds is 6. The van der Waals surface area contributed by atoms with Gasteiger partial charge in [-0.3, -0.25) is 0 Å². The molecular weight excluding hydrogens is 376 g/mol. The predicted molar refractivity (Wildman–Crippen MR) is 105 cm³/mol. The van der Waals surface area contributed by atoms with Crippen molar-refractivity contribution in [2.24, 2.45) is 0 Å². The molecule has 2 aromatic heterocycles. The van der Waals surface area contributed by atoms with E-state index in [1.54, 1.807) is 36.4 Å². The fourth-order valence-electron chi connectivity index (χ4n) is 2.81. The fraction of sp³-hybridized carbons (Fsp3) is 0.100. The van der Waals surface area contributed by atoms with E-state index in [9.17, 15) is 13.5 Å². The van der Waals surface area contributed by atoms with Crippen LogP contribution in [0.2, 0.25) is 0 Å². The van der Waals surface area contributed by atoms with E-state index in [0.29, 0.717) is 11.6 Å². The van der Waals surface area contributed by atoms with E-state index < -0.39 is 15.9 Å². The molecule has 0 saturated heterocycles. The lowest BCUT2D eigenvalue weighted by molar-refractivity contribution is 0.191. The number of sulfone groups is 1. The number of benzene rings is 2. The Kier molecular flexibility index (Phi) is 4.81. The zero-order chi connectivity index (χ0) is 19.6. The Morgan fingerprint density at radius 3 is 2.32 bits per heavy atom. The zero-order valence-electron chi connectivity index (χ0n) is 14.8. The van der Waals surface area contributed by atoms with E-state index in [1.165, 1.54) is 16.8 Å². The first kappa shape index (κ1) is 18.1. The lowest BCUT2D eigenvalue weighted by atomic mass is 10.1. The van der Waals surface area contributed by atoms with Gasteiger partial charge in [0.15, 0.2) is 5.65 Å². The van der Waals surface area contributed by atoms with Gasteiger partial charge in [-0.25, -0.2) is 12.9 Å². The molecule has 4 aromatic rings. The summed E-state index contributed by atoms with van der Waals surface area (Å²) in [6.07, 6.45) is 0.727. The molecule has 7 nitrogen and oxygen atoms in total. The zero-order valence-corrected chi connectivity index (χ0v) is 15.6. The number of hydrogen-bond acceptors (Lipinski definition) is 6. The standard InChI is InChI=1S/C20H18N4O3S/c25-18(15-7-3-1-4-8-15)13-21-20-22-19-12-11-17(14-24(19)23-20)28(26,27)16-9-5-2-6-10-16/h1-12,14,18,25H,13H2,(H,21,23)/t18-/m1/s1. The summed E-state index contributed by atoms with van der Waals surface area (Å²) < 4.78 is 26.9. The van der Waals surface area contributed by atoms with Crippen molar-refractivity contribution in [3.63, 3.8) is 0 Å². The molecule has 0 saturated carbocycles. The molecule has 0 spiro atoms. The summed E-state index contributed by atoms with van der Waals surface area (Å²) in [5, 5.41) is 17.5. The monoisotopic (exact) mass is 394 g/mol. The van der Waals surface area contributed by atoms with Gasteiger partial charge in [0.25, 0.3) is 0 Å². The van der Waals surface area contributed by atoms with Crippen molar-refractivity contribution < 1.29 is 13.5 Å². The number of fused-ring (bicyclic) bond motifs is 1. The lowest BCUT2D eigenvalue weighted by Gasteiger charge is -2.10. The SMILES string of the molecule is O=S(=O)(c1ccccc1)c1ccc2nc(NC[C@@H](O)c3ccccc3)nn2c1. The molecule has 0 fully saturated rings. The average Bonchev–Trinajstić information content (AvgIpc) is 3.15. The van der Waals surface area contributed by atoms with Crippen LogP contribution in [0.15, 0.2) is 88.8 Å². The molecule has 142 valence electrons. The van der Waals surface area contributed by atoms with Gasteiger partial charge >= 0.3 is 0 Å². The first-order valence-electron chi connectivity index (χ1n) is 8.67. The number of nitrogens with one attached hydrogen (secondary N) is 1. The Hall–Kier alpha value is -3.23. The van der Waals surface area contributed by atoms with Crippen LogP contribution in [-0.4, -0.2) is 34.7 Å². The van der Waals surface area contributed by atoms with E-state index in [4.69, 9.17) is 0 Å². The minimum Gasteiger partial charge on any atom is -0.387 e. The average molecular weight is 394 g/mol. The molecule has 2 aromatic carbocycles. The third-order valence-electron chi connectivity index (χ3n) is 4.31. The maximum Gasteiger partial charge on any atom is 0.243 e. The molecule has 0 bridgehead atoms. The molecule has 0 aliphatic carbocycles. The Balaban J connectivity index is 1.55. The van der Waals surface area contributed by atoms with Gasteiger partial charge in [0.1, 0.15) is 0 Å². The van der Waals surface area contributed by atoms with Crippen LogP contribution in [-0.2, 0) is 9.84 Å². The Morgan fingerprint density at radius 1 is 0.929 bits per heavy atom. The van der Waals surface area contributed by atoms with Crippen molar-refractivity contribution in [1.29, 1.82) is 0 Å². The number of aromatic nitrogens is 3. The van der Waals surface area contributed by atoms with Crippen LogP contribution in [0, 0.1) is 0 Å². The summed E-state index contributed by atoms with van der Waals surface area (Å²) in [6.45, 7) is 0.232. The van der Waals surface area contributed by atoms with E-state index in [1.807, 2.05) is 30.3 Å². The van der Waals surface area contributed by atoms with E-state index in [0.717, 1.165) is 5.56 Å². The lowest BCUT2D eigenvalue weighted by Crippen LogP contribution is -2.13. The molecule has 4 rings (SSSR count). The molecule has 1 atom stereocenters. The summed E-state index contributed by atoms with van der Waals surface area (Å²) in [5.74, 6) is 0.309. The summed E-state index contributed by atoms with van der Waals surface area (Å²) in [7, 11) is -3.63. The fourth-order valence-corrected chi connectivity index (χ4v) is 4.09. The Morgan fingerprint density at radius 2 is 1.61 bits per heavy atom. The van der Waals surface area contributed by atoms with Gasteiger partial charge in [-0.1, -0.05) is 48.5 Å². The van der Waals surface area contributed by atoms with Gasteiger partial charge in [-0.2, -0.15) is 4.98 Å². The molecule has 0 aliphatic heterocycles. The maximum atomic E-state index is 12.7. The molecule has 2 heterocycles. The second-order valence-electron chi connectivity index (χ2n) is 6.23. The van der Waals surface area contributed by atoms with Crippen LogP contribution < -0.4 is 5.32 Å². The largest absolute Gasteiger partial charge is 0.387 e. The van der Waals surface area contributed by atoms with E-state index >= 15 is 0 Å². The smallest absolute Gasteiger partial charge is 0.243 e. The van der Waals surface area contributed by atoms with E-state index in [2.05, 4.69) is 15.4 Å². The third-order valence-corrected chi connectivity index (χ3v) is 6.06. The minimum absolute atomic E-state index is 0.131. The number of aliphatic hydroxyl groups excluding tert-OH is 1. The molecule has 8 heteroatoms. The van der Waals surface area contributed by atoms with Gasteiger partial charge in [0, 0.05) is 6.54 Å². The second-order valence-corrected chi connectivity index (χ2v) is 8.18. The third kappa shape index (κ3) is 3.60. The van der Waals surface area contributed by atoms with Crippen LogP contribution in [0.5, 0.6) is 0 Å². The van der Waals surface area contributed by atoms with Gasteiger partial charge in [0.2, 0.25) is 15.8 Å². The summed E-state index contributed by atoms with van der Waals surface area (Å²) in [6, 6.07) is 20.6. The highest BCUT2D eigenvalue weighted by Gasteiger charge is 2.18. The maximum absolute atomic E-state index is 12.7. The highest BCUT2D eigenvalue weighted by Crippen LogP contribution is 2.21. The quantitative estimate of drug-likeness (QED) is 0.522. The van der Waals surface area contributed by atoms with Crippen LogP contribution in [0.3, 0.4) is 0 Å². The number of anilines is 1. The second kappa shape index (κ2) is 7.41. The van der Waals surface area contributed by atoms with Gasteiger partial charge in [0.05, 0.1) is 22.1 Å². The highest BCUT2D eigenvalue weighted by molar-refractivity contribution is 7.91. The number of pyridine rings is 1. The number of aliphatic hydroxyl groups is 1. The minimum atomic E-state index is -3.63. The van der Waals surface area contributed by atoms with Gasteiger partial charge in [-0.15, -0.1) is 5.10 Å². The highest BCUT2D eigenvalue weighted by atomic mass is 32.2. The van der Waals surface area contributed by atoms with Crippen molar-refractivity contribution in [2.45, 2.75) is 15.9 Å². The van der Waals surface area contributed by atoms with Crippen molar-refractivity contribution >= 4 is 21.4 Å². The van der Waals surface area contributed by atoms with Crippen LogP contribution in [0.1, 0.15) is 11.7 Å². The van der Waals surface area contributed by atoms with Crippen molar-refractivity contribution in [1.82, 2.24) is 14.6 Å². The number of hydrogen-bond donors (Lipinski definition) is 2. The Labute approximate surface area is 162 Å². The van der Waals surface area contributed by atoms with Crippen molar-refractivity contribution in [2.75, 3.05) is 11.9 Å². The van der Waals surface area contributed by atoms with Crippen LogP contribution in [0.25, 0.3) is 5.65 Å². The normalized spacial score (nSPS) is 12.8. The van der Waals surface area contributed by atoms with Crippen LogP contribution in [0.4, 0.5) is 5.95 Å². The summed E-state index contributed by atoms with van der Waals surface area (Å²) in [5.41, 5.74) is 1.29. The summed E-state index contributed by atoms with van der Waals surface area (Å²) >= 11 is 0. The topological polar surface area (TPSA) is 96.6 Å². The molecular formula is C20H18N4O3S. The molecule has 0 amide bonds. The molecule has 0 aliphatic rings. The molecule has 0 radical (unpaired) electrons. The Bertz CT molecular complexity index is 1190. The van der Waals surface area contributed by atoms with Crippen LogP contribution >= 0.6 is 0 Å². The number of nitrogens with zero attached hydrogens (tertiary/aromatic N) is 3. The van der Waals surface area contributed by atoms with E-state index in [-0.39, 0.29) is 16.3 Å². The summed E-state index contributed by atoms with van der Waals surface area (Å²) in [4.78, 5) is 4.66. The van der Waals surface area contributed by atoms with Crippen molar-refractivity contribution in [3.05, 3.63) is 84.6 Å².